The Balaban J connectivity index is 1.59. The van der Waals surface area contributed by atoms with Crippen LogP contribution in [0.4, 0.5) is 11.4 Å². The summed E-state index contributed by atoms with van der Waals surface area (Å²) < 4.78 is 5.67. The maximum Gasteiger partial charge on any atom is 0.256 e. The number of hydrogen-bond acceptors (Lipinski definition) is 4. The molecule has 1 atom stereocenters. The predicted molar refractivity (Wildman–Crippen MR) is 97.6 cm³/mol. The third-order valence-corrected chi connectivity index (χ3v) is 4.50. The van der Waals surface area contributed by atoms with Gasteiger partial charge in [0.25, 0.3) is 5.91 Å². The van der Waals surface area contributed by atoms with E-state index in [9.17, 15) is 4.79 Å². The first-order valence-corrected chi connectivity index (χ1v) is 8.39. The number of nitrogens with zero attached hydrogens (tertiary/aromatic N) is 1. The summed E-state index contributed by atoms with van der Waals surface area (Å²) in [5.41, 5.74) is 10.3. The summed E-state index contributed by atoms with van der Waals surface area (Å²) >= 11 is 0. The van der Waals surface area contributed by atoms with Crippen LogP contribution in [0.3, 0.4) is 0 Å². The van der Waals surface area contributed by atoms with Crippen molar-refractivity contribution < 1.29 is 9.53 Å². The summed E-state index contributed by atoms with van der Waals surface area (Å²) in [5.74, 6) is 0.672. The monoisotopic (exact) mass is 336 g/mol. The van der Waals surface area contributed by atoms with Gasteiger partial charge in [-0.05, 0) is 55.7 Å². The van der Waals surface area contributed by atoms with Crippen LogP contribution in [0.25, 0.3) is 11.0 Å². The van der Waals surface area contributed by atoms with Crippen molar-refractivity contribution in [3.8, 4) is 0 Å². The Morgan fingerprint density at radius 2 is 2.20 bits per heavy atom. The molecule has 1 saturated heterocycles. The number of nitrogen functional groups attached to an aromatic ring is 1. The Kier molecular flexibility index (Phi) is 3.89. The standard InChI is InChI=1S/C19H20N4O2/c1-11-4-5-12(20)9-14(11)19(24)21-13-6-7-15-16(10-13)23-18(22-15)17-3-2-8-25-17/h4-7,9-10,17H,2-3,8,20H2,1H3,(H,21,24)(H,22,23). The Bertz CT molecular complexity index is 942. The first kappa shape index (κ1) is 15.7. The average Bonchev–Trinajstić information content (AvgIpc) is 3.25. The first-order valence-electron chi connectivity index (χ1n) is 8.39. The van der Waals surface area contributed by atoms with Crippen molar-refractivity contribution >= 4 is 28.3 Å². The van der Waals surface area contributed by atoms with Crippen LogP contribution in [-0.2, 0) is 4.74 Å². The molecular formula is C19H20N4O2. The highest BCUT2D eigenvalue weighted by Gasteiger charge is 2.21. The molecule has 1 aliphatic rings. The fourth-order valence-corrected chi connectivity index (χ4v) is 3.14. The van der Waals surface area contributed by atoms with Crippen molar-refractivity contribution in [1.82, 2.24) is 9.97 Å². The molecule has 1 fully saturated rings. The fraction of sp³-hybridized carbons (Fsp3) is 0.263. The normalized spacial score (nSPS) is 17.1. The highest BCUT2D eigenvalue weighted by atomic mass is 16.5. The average molecular weight is 336 g/mol. The second-order valence-electron chi connectivity index (χ2n) is 6.38. The largest absolute Gasteiger partial charge is 0.399 e. The molecule has 1 aliphatic heterocycles. The van der Waals surface area contributed by atoms with E-state index in [4.69, 9.17) is 10.5 Å². The van der Waals surface area contributed by atoms with E-state index in [0.29, 0.717) is 16.9 Å². The number of nitrogens with two attached hydrogens (primary N) is 1. The number of aromatic nitrogens is 2. The number of benzene rings is 2. The third kappa shape index (κ3) is 3.08. The smallest absolute Gasteiger partial charge is 0.256 e. The molecule has 0 radical (unpaired) electrons. The number of H-pyrrole nitrogens is 1. The number of carbonyl (C=O) groups is 1. The summed E-state index contributed by atoms with van der Waals surface area (Å²) in [6.07, 6.45) is 2.08. The predicted octanol–water partition coefficient (Wildman–Crippen LogP) is 3.56. The number of rotatable bonds is 3. The number of imidazole rings is 1. The molecule has 4 N–H and O–H groups in total. The lowest BCUT2D eigenvalue weighted by atomic mass is 10.1. The van der Waals surface area contributed by atoms with Gasteiger partial charge in [-0.15, -0.1) is 0 Å². The molecule has 1 aromatic heterocycles. The molecule has 25 heavy (non-hydrogen) atoms. The number of aromatic amines is 1. The maximum absolute atomic E-state index is 12.5. The van der Waals surface area contributed by atoms with Gasteiger partial charge < -0.3 is 20.8 Å². The molecule has 0 saturated carbocycles. The minimum Gasteiger partial charge on any atom is -0.399 e. The zero-order chi connectivity index (χ0) is 17.4. The van der Waals surface area contributed by atoms with Crippen molar-refractivity contribution in [2.24, 2.45) is 0 Å². The molecule has 128 valence electrons. The van der Waals surface area contributed by atoms with Crippen LogP contribution in [0, 0.1) is 6.92 Å². The summed E-state index contributed by atoms with van der Waals surface area (Å²) in [4.78, 5) is 20.4. The Morgan fingerprint density at radius 3 is 3.00 bits per heavy atom. The molecule has 1 amide bonds. The summed E-state index contributed by atoms with van der Waals surface area (Å²) in [6.45, 7) is 2.67. The molecule has 2 aromatic carbocycles. The lowest BCUT2D eigenvalue weighted by Gasteiger charge is -2.08. The molecule has 0 spiro atoms. The Labute approximate surface area is 145 Å². The fourth-order valence-electron chi connectivity index (χ4n) is 3.14. The van der Waals surface area contributed by atoms with Crippen molar-refractivity contribution in [2.45, 2.75) is 25.9 Å². The van der Waals surface area contributed by atoms with Crippen LogP contribution in [0.1, 0.15) is 40.7 Å². The lowest BCUT2D eigenvalue weighted by Crippen LogP contribution is -2.13. The van der Waals surface area contributed by atoms with Gasteiger partial charge in [-0.3, -0.25) is 4.79 Å². The van der Waals surface area contributed by atoms with Crippen molar-refractivity contribution in [3.05, 3.63) is 53.3 Å². The summed E-state index contributed by atoms with van der Waals surface area (Å²) in [7, 11) is 0. The van der Waals surface area contributed by atoms with E-state index in [1.165, 1.54) is 0 Å². The van der Waals surface area contributed by atoms with E-state index in [1.807, 2.05) is 31.2 Å². The Morgan fingerprint density at radius 1 is 1.32 bits per heavy atom. The van der Waals surface area contributed by atoms with E-state index in [-0.39, 0.29) is 12.0 Å². The van der Waals surface area contributed by atoms with Crippen LogP contribution in [0.15, 0.2) is 36.4 Å². The number of hydrogen-bond donors (Lipinski definition) is 3. The number of aryl methyl sites for hydroxylation is 1. The molecule has 2 heterocycles. The molecule has 4 rings (SSSR count). The Hall–Kier alpha value is -2.86. The number of fused-ring (bicyclic) bond motifs is 1. The minimum atomic E-state index is -0.178. The van der Waals surface area contributed by atoms with E-state index < -0.39 is 0 Å². The molecule has 3 aromatic rings. The number of carbonyl (C=O) groups excluding carboxylic acids is 1. The molecular weight excluding hydrogens is 316 g/mol. The van der Waals surface area contributed by atoms with Gasteiger partial charge in [0, 0.05) is 23.5 Å². The van der Waals surface area contributed by atoms with E-state index in [2.05, 4.69) is 15.3 Å². The van der Waals surface area contributed by atoms with Crippen LogP contribution in [0.2, 0.25) is 0 Å². The number of amides is 1. The van der Waals surface area contributed by atoms with Gasteiger partial charge in [-0.1, -0.05) is 6.07 Å². The first-order chi connectivity index (χ1) is 12.1. The van der Waals surface area contributed by atoms with Crippen LogP contribution < -0.4 is 11.1 Å². The summed E-state index contributed by atoms with van der Waals surface area (Å²) in [5, 5.41) is 2.92. The second kappa shape index (κ2) is 6.22. The topological polar surface area (TPSA) is 93.0 Å². The second-order valence-corrected chi connectivity index (χ2v) is 6.38. The third-order valence-electron chi connectivity index (χ3n) is 4.50. The highest BCUT2D eigenvalue weighted by molar-refractivity contribution is 6.06. The maximum atomic E-state index is 12.5. The molecule has 1 unspecified atom stereocenters. The molecule has 0 aliphatic carbocycles. The zero-order valence-electron chi connectivity index (χ0n) is 14.0. The molecule has 0 bridgehead atoms. The minimum absolute atomic E-state index is 0.0420. The lowest BCUT2D eigenvalue weighted by molar-refractivity contribution is 0.102. The van der Waals surface area contributed by atoms with E-state index >= 15 is 0 Å². The van der Waals surface area contributed by atoms with Gasteiger partial charge in [0.05, 0.1) is 11.0 Å². The molecule has 6 heteroatoms. The zero-order valence-corrected chi connectivity index (χ0v) is 14.0. The SMILES string of the molecule is Cc1ccc(N)cc1C(=O)Nc1ccc2nc(C3CCCO3)[nH]c2c1. The van der Waals surface area contributed by atoms with Crippen molar-refractivity contribution in [1.29, 1.82) is 0 Å². The van der Waals surface area contributed by atoms with Crippen molar-refractivity contribution in [3.63, 3.8) is 0 Å². The van der Waals surface area contributed by atoms with Crippen molar-refractivity contribution in [2.75, 3.05) is 17.7 Å². The summed E-state index contributed by atoms with van der Waals surface area (Å²) in [6, 6.07) is 11.0. The quantitative estimate of drug-likeness (QED) is 0.638. The highest BCUT2D eigenvalue weighted by Crippen LogP contribution is 2.28. The van der Waals surface area contributed by atoms with Gasteiger partial charge in [-0.25, -0.2) is 4.98 Å². The van der Waals surface area contributed by atoms with E-state index in [1.54, 1.807) is 12.1 Å². The molecule has 6 nitrogen and oxygen atoms in total. The van der Waals surface area contributed by atoms with Crippen LogP contribution in [0.5, 0.6) is 0 Å². The number of ether oxygens (including phenoxy) is 1. The van der Waals surface area contributed by atoms with E-state index in [0.717, 1.165) is 41.9 Å². The number of nitrogens with one attached hydrogen (secondary N) is 2. The van der Waals surface area contributed by atoms with Gasteiger partial charge >= 0.3 is 0 Å². The number of anilines is 2. The van der Waals surface area contributed by atoms with Gasteiger partial charge in [0.1, 0.15) is 11.9 Å². The van der Waals surface area contributed by atoms with Gasteiger partial charge in [0.2, 0.25) is 0 Å². The van der Waals surface area contributed by atoms with Crippen LogP contribution >= 0.6 is 0 Å². The van der Waals surface area contributed by atoms with Crippen LogP contribution in [-0.4, -0.2) is 22.5 Å². The van der Waals surface area contributed by atoms with Gasteiger partial charge in [0.15, 0.2) is 0 Å². The van der Waals surface area contributed by atoms with Gasteiger partial charge in [-0.2, -0.15) is 0 Å².